The maximum absolute atomic E-state index is 5.74. The van der Waals surface area contributed by atoms with Gasteiger partial charge in [0.15, 0.2) is 0 Å². The van der Waals surface area contributed by atoms with Crippen LogP contribution in [0.5, 0.6) is 0 Å². The fraction of sp³-hybridized carbons (Fsp3) is 0.750. The molecule has 2 rings (SSSR count). The van der Waals surface area contributed by atoms with Gasteiger partial charge in [-0.25, -0.2) is 0 Å². The van der Waals surface area contributed by atoms with Crippen molar-refractivity contribution in [3.63, 3.8) is 0 Å². The number of aryl methyl sites for hydroxylation is 1. The number of piperidine rings is 1. The molecule has 0 aromatic carbocycles. The molecule has 1 aliphatic heterocycles. The Morgan fingerprint density at radius 3 is 2.50 bits per heavy atom. The summed E-state index contributed by atoms with van der Waals surface area (Å²) in [6.07, 6.45) is 2.23. The molecule has 6 heteroatoms. The first-order valence-electron chi connectivity index (χ1n) is 4.66. The zero-order valence-electron chi connectivity index (χ0n) is 8.23. The van der Waals surface area contributed by atoms with Crippen molar-refractivity contribution in [2.75, 3.05) is 18.8 Å². The first kappa shape index (κ1) is 11.7. The van der Waals surface area contributed by atoms with Crippen molar-refractivity contribution in [3.8, 4) is 0 Å². The number of nitrogens with two attached hydrogens (primary N) is 1. The highest BCUT2D eigenvalue weighted by atomic mass is 127. The number of nitrogen functional groups attached to an aromatic ring is 1. The summed E-state index contributed by atoms with van der Waals surface area (Å²) in [6, 6.07) is 0.483. The van der Waals surface area contributed by atoms with Crippen LogP contribution < -0.4 is 11.1 Å². The lowest BCUT2D eigenvalue weighted by atomic mass is 10.1. The van der Waals surface area contributed by atoms with Gasteiger partial charge in [0, 0.05) is 6.04 Å². The number of nitrogens with one attached hydrogen (secondary N) is 1. The van der Waals surface area contributed by atoms with Gasteiger partial charge in [0.2, 0.25) is 5.95 Å². The smallest absolute Gasteiger partial charge is 0.222 e. The molecule has 0 saturated carbocycles. The molecule has 0 aliphatic carbocycles. The highest BCUT2D eigenvalue weighted by Gasteiger charge is 2.18. The van der Waals surface area contributed by atoms with E-state index in [0.29, 0.717) is 12.0 Å². The second-order valence-corrected chi connectivity index (χ2v) is 3.46. The third-order valence-electron chi connectivity index (χ3n) is 2.57. The molecule has 14 heavy (non-hydrogen) atoms. The lowest BCUT2D eigenvalue weighted by molar-refractivity contribution is 0.366. The summed E-state index contributed by atoms with van der Waals surface area (Å²) in [7, 11) is 0. The molecule has 1 fully saturated rings. The van der Waals surface area contributed by atoms with Crippen LogP contribution in [0.3, 0.4) is 0 Å². The van der Waals surface area contributed by atoms with E-state index in [1.807, 2.05) is 11.5 Å². The van der Waals surface area contributed by atoms with Crippen LogP contribution in [0.4, 0.5) is 5.95 Å². The molecule has 5 nitrogen and oxygen atoms in total. The van der Waals surface area contributed by atoms with Crippen LogP contribution in [0, 0.1) is 6.92 Å². The standard InChI is InChI=1S/C8H15N5.HI/c1-6-11-12-8(9)13(6)7-2-4-10-5-3-7;/h7,10H,2-5H2,1H3,(H2,9,12);1H. The molecule has 1 aromatic rings. The molecule has 0 unspecified atom stereocenters. The molecule has 2 heterocycles. The predicted molar refractivity (Wildman–Crippen MR) is 65.7 cm³/mol. The molecule has 0 radical (unpaired) electrons. The minimum absolute atomic E-state index is 0. The fourth-order valence-electron chi connectivity index (χ4n) is 1.90. The van der Waals surface area contributed by atoms with E-state index in [1.54, 1.807) is 0 Å². The number of anilines is 1. The summed E-state index contributed by atoms with van der Waals surface area (Å²) < 4.78 is 2.04. The Bertz CT molecular complexity index is 272. The maximum atomic E-state index is 5.74. The third kappa shape index (κ3) is 2.17. The molecule has 0 amide bonds. The predicted octanol–water partition coefficient (Wildman–Crippen LogP) is 0.711. The van der Waals surface area contributed by atoms with Crippen LogP contribution in [0.15, 0.2) is 0 Å². The van der Waals surface area contributed by atoms with Crippen molar-refractivity contribution >= 4 is 29.9 Å². The fourth-order valence-corrected chi connectivity index (χ4v) is 1.90. The van der Waals surface area contributed by atoms with Crippen LogP contribution in [0.2, 0.25) is 0 Å². The molecule has 1 aromatic heterocycles. The van der Waals surface area contributed by atoms with E-state index in [1.165, 1.54) is 0 Å². The van der Waals surface area contributed by atoms with Gasteiger partial charge in [0.25, 0.3) is 0 Å². The summed E-state index contributed by atoms with van der Waals surface area (Å²) in [5.41, 5.74) is 5.74. The van der Waals surface area contributed by atoms with Gasteiger partial charge in [-0.15, -0.1) is 34.2 Å². The van der Waals surface area contributed by atoms with Crippen LogP contribution in [-0.4, -0.2) is 27.9 Å². The lowest BCUT2D eigenvalue weighted by Gasteiger charge is -2.24. The summed E-state index contributed by atoms with van der Waals surface area (Å²) in [4.78, 5) is 0. The van der Waals surface area contributed by atoms with Gasteiger partial charge in [-0.1, -0.05) is 0 Å². The van der Waals surface area contributed by atoms with Crippen molar-refractivity contribution in [2.24, 2.45) is 0 Å². The van der Waals surface area contributed by atoms with Gasteiger partial charge < -0.3 is 11.1 Å². The van der Waals surface area contributed by atoms with E-state index in [-0.39, 0.29) is 24.0 Å². The number of aromatic nitrogens is 3. The molecular formula is C8H16IN5. The Labute approximate surface area is 100 Å². The number of hydrogen-bond acceptors (Lipinski definition) is 4. The van der Waals surface area contributed by atoms with Crippen molar-refractivity contribution < 1.29 is 0 Å². The SMILES string of the molecule is Cc1nnc(N)n1C1CCNCC1.I. The molecule has 1 aliphatic rings. The highest BCUT2D eigenvalue weighted by molar-refractivity contribution is 14.0. The molecule has 0 spiro atoms. The zero-order chi connectivity index (χ0) is 9.26. The number of hydrogen-bond donors (Lipinski definition) is 2. The van der Waals surface area contributed by atoms with E-state index < -0.39 is 0 Å². The largest absolute Gasteiger partial charge is 0.368 e. The summed E-state index contributed by atoms with van der Waals surface area (Å²) in [6.45, 7) is 4.06. The van der Waals surface area contributed by atoms with Crippen LogP contribution in [-0.2, 0) is 0 Å². The van der Waals surface area contributed by atoms with Crippen LogP contribution in [0.25, 0.3) is 0 Å². The van der Waals surface area contributed by atoms with E-state index in [2.05, 4.69) is 15.5 Å². The van der Waals surface area contributed by atoms with Crippen molar-refractivity contribution in [1.29, 1.82) is 0 Å². The Balaban J connectivity index is 0.000000980. The minimum atomic E-state index is 0. The molecule has 80 valence electrons. The molecule has 3 N–H and O–H groups in total. The second kappa shape index (κ2) is 4.92. The number of halogens is 1. The third-order valence-corrected chi connectivity index (χ3v) is 2.57. The average molecular weight is 309 g/mol. The summed E-state index contributed by atoms with van der Waals surface area (Å²) in [5.74, 6) is 1.47. The van der Waals surface area contributed by atoms with Gasteiger partial charge in [-0.3, -0.25) is 4.57 Å². The van der Waals surface area contributed by atoms with Crippen molar-refractivity contribution in [2.45, 2.75) is 25.8 Å². The Morgan fingerprint density at radius 1 is 1.36 bits per heavy atom. The first-order valence-corrected chi connectivity index (χ1v) is 4.66. The lowest BCUT2D eigenvalue weighted by Crippen LogP contribution is -2.30. The van der Waals surface area contributed by atoms with E-state index in [4.69, 9.17) is 5.73 Å². The first-order chi connectivity index (χ1) is 6.29. The molecule has 0 bridgehead atoms. The zero-order valence-corrected chi connectivity index (χ0v) is 10.6. The minimum Gasteiger partial charge on any atom is -0.368 e. The maximum Gasteiger partial charge on any atom is 0.222 e. The molecular weight excluding hydrogens is 293 g/mol. The van der Waals surface area contributed by atoms with Gasteiger partial charge in [0.1, 0.15) is 5.82 Å². The summed E-state index contributed by atoms with van der Waals surface area (Å²) in [5, 5.41) is 11.1. The Morgan fingerprint density at radius 2 is 2.00 bits per heavy atom. The average Bonchev–Trinajstić information content (AvgIpc) is 2.48. The van der Waals surface area contributed by atoms with E-state index >= 15 is 0 Å². The van der Waals surface area contributed by atoms with E-state index in [9.17, 15) is 0 Å². The molecule has 1 saturated heterocycles. The van der Waals surface area contributed by atoms with Crippen molar-refractivity contribution in [1.82, 2.24) is 20.1 Å². The Hall–Kier alpha value is -0.370. The highest BCUT2D eigenvalue weighted by Crippen LogP contribution is 2.22. The van der Waals surface area contributed by atoms with Gasteiger partial charge in [-0.2, -0.15) is 0 Å². The summed E-state index contributed by atoms with van der Waals surface area (Å²) >= 11 is 0. The molecule has 0 atom stereocenters. The number of rotatable bonds is 1. The van der Waals surface area contributed by atoms with Gasteiger partial charge in [0.05, 0.1) is 0 Å². The monoisotopic (exact) mass is 309 g/mol. The van der Waals surface area contributed by atoms with Crippen LogP contribution in [0.1, 0.15) is 24.7 Å². The van der Waals surface area contributed by atoms with E-state index in [0.717, 1.165) is 31.8 Å². The topological polar surface area (TPSA) is 68.8 Å². The normalized spacial score (nSPS) is 17.8. The second-order valence-electron chi connectivity index (χ2n) is 3.46. The quantitative estimate of drug-likeness (QED) is 0.750. The van der Waals surface area contributed by atoms with Gasteiger partial charge >= 0.3 is 0 Å². The van der Waals surface area contributed by atoms with Crippen molar-refractivity contribution in [3.05, 3.63) is 5.82 Å². The van der Waals surface area contributed by atoms with Crippen LogP contribution >= 0.6 is 24.0 Å². The van der Waals surface area contributed by atoms with Gasteiger partial charge in [-0.05, 0) is 32.9 Å². The Kier molecular flexibility index (Phi) is 4.11. The number of nitrogens with zero attached hydrogens (tertiary/aromatic N) is 3.